The van der Waals surface area contributed by atoms with Crippen molar-refractivity contribution in [1.82, 2.24) is 5.32 Å². The maximum absolute atomic E-state index is 12.1. The van der Waals surface area contributed by atoms with Crippen molar-refractivity contribution in [2.24, 2.45) is 5.92 Å². The summed E-state index contributed by atoms with van der Waals surface area (Å²) in [4.78, 5) is 12.1. The molecule has 23 heavy (non-hydrogen) atoms. The third-order valence-electron chi connectivity index (χ3n) is 4.10. The van der Waals surface area contributed by atoms with Crippen molar-refractivity contribution in [1.29, 1.82) is 0 Å². The van der Waals surface area contributed by atoms with Crippen molar-refractivity contribution >= 4 is 15.7 Å². The molecule has 0 radical (unpaired) electrons. The fourth-order valence-corrected chi connectivity index (χ4v) is 4.49. The zero-order chi connectivity index (χ0) is 17.0. The van der Waals surface area contributed by atoms with Crippen molar-refractivity contribution in [3.63, 3.8) is 0 Å². The van der Waals surface area contributed by atoms with Gasteiger partial charge < -0.3 is 10.1 Å². The SMILES string of the molecule is CC(Oc1cccc(C(C)C)c1)C(=O)NCC1CCS(=O)(=O)C1. The zero-order valence-electron chi connectivity index (χ0n) is 13.9. The molecule has 1 fully saturated rings. The lowest BCUT2D eigenvalue weighted by molar-refractivity contribution is -0.127. The van der Waals surface area contributed by atoms with Gasteiger partial charge in [-0.1, -0.05) is 26.0 Å². The van der Waals surface area contributed by atoms with Crippen molar-refractivity contribution < 1.29 is 17.9 Å². The molecule has 6 heteroatoms. The minimum Gasteiger partial charge on any atom is -0.481 e. The molecule has 1 N–H and O–H groups in total. The van der Waals surface area contributed by atoms with E-state index >= 15 is 0 Å². The topological polar surface area (TPSA) is 72.5 Å². The monoisotopic (exact) mass is 339 g/mol. The zero-order valence-corrected chi connectivity index (χ0v) is 14.7. The van der Waals surface area contributed by atoms with Gasteiger partial charge >= 0.3 is 0 Å². The maximum atomic E-state index is 12.1. The van der Waals surface area contributed by atoms with E-state index in [1.165, 1.54) is 0 Å². The first-order valence-corrected chi connectivity index (χ1v) is 9.84. The van der Waals surface area contributed by atoms with Crippen LogP contribution in [0.15, 0.2) is 24.3 Å². The summed E-state index contributed by atoms with van der Waals surface area (Å²) in [6.45, 7) is 6.29. The molecule has 1 aliphatic rings. The Bertz CT molecular complexity index is 654. The number of hydrogen-bond donors (Lipinski definition) is 1. The van der Waals surface area contributed by atoms with Crippen LogP contribution >= 0.6 is 0 Å². The molecule has 2 unspecified atom stereocenters. The van der Waals surface area contributed by atoms with E-state index in [2.05, 4.69) is 19.2 Å². The number of ether oxygens (including phenoxy) is 1. The lowest BCUT2D eigenvalue weighted by atomic mass is 10.0. The van der Waals surface area contributed by atoms with E-state index in [0.29, 0.717) is 24.6 Å². The molecule has 1 saturated heterocycles. The predicted molar refractivity (Wildman–Crippen MR) is 90.4 cm³/mol. The van der Waals surface area contributed by atoms with Crippen molar-refractivity contribution in [2.45, 2.75) is 39.2 Å². The number of nitrogens with one attached hydrogen (secondary N) is 1. The molecule has 0 aliphatic carbocycles. The van der Waals surface area contributed by atoms with Crippen LogP contribution in [0, 0.1) is 5.92 Å². The molecular formula is C17H25NO4S. The molecule has 1 aliphatic heterocycles. The largest absolute Gasteiger partial charge is 0.481 e. The third kappa shape index (κ3) is 5.23. The Morgan fingerprint density at radius 2 is 2.09 bits per heavy atom. The van der Waals surface area contributed by atoms with Crippen LogP contribution in [0.4, 0.5) is 0 Å². The van der Waals surface area contributed by atoms with Crippen LogP contribution in [0.25, 0.3) is 0 Å². The quantitative estimate of drug-likeness (QED) is 0.862. The molecule has 0 aromatic heterocycles. The third-order valence-corrected chi connectivity index (χ3v) is 5.94. The van der Waals surface area contributed by atoms with Gasteiger partial charge in [0.2, 0.25) is 0 Å². The minimum atomic E-state index is -2.91. The molecular weight excluding hydrogens is 314 g/mol. The highest BCUT2D eigenvalue weighted by atomic mass is 32.2. The lowest BCUT2D eigenvalue weighted by Gasteiger charge is -2.17. The van der Waals surface area contributed by atoms with E-state index in [-0.39, 0.29) is 23.3 Å². The van der Waals surface area contributed by atoms with E-state index < -0.39 is 15.9 Å². The van der Waals surface area contributed by atoms with Gasteiger partial charge in [-0.15, -0.1) is 0 Å². The normalized spacial score (nSPS) is 21.1. The summed E-state index contributed by atoms with van der Waals surface area (Å²) in [5, 5.41) is 2.79. The summed E-state index contributed by atoms with van der Waals surface area (Å²) in [6.07, 6.45) is 0.00398. The average molecular weight is 339 g/mol. The second kappa shape index (κ2) is 7.34. The Balaban J connectivity index is 1.84. The van der Waals surface area contributed by atoms with Crippen LogP contribution < -0.4 is 10.1 Å². The molecule has 0 saturated carbocycles. The van der Waals surface area contributed by atoms with Gasteiger partial charge in [-0.3, -0.25) is 4.79 Å². The Kier molecular flexibility index (Phi) is 5.68. The van der Waals surface area contributed by atoms with E-state index in [0.717, 1.165) is 5.56 Å². The first-order chi connectivity index (χ1) is 10.8. The molecule has 1 aromatic rings. The summed E-state index contributed by atoms with van der Waals surface area (Å²) < 4.78 is 28.5. The second-order valence-corrected chi connectivity index (χ2v) is 8.73. The Morgan fingerprint density at radius 3 is 2.70 bits per heavy atom. The van der Waals surface area contributed by atoms with Gasteiger partial charge in [0.25, 0.3) is 5.91 Å². The van der Waals surface area contributed by atoms with Gasteiger partial charge in [0.1, 0.15) is 5.75 Å². The van der Waals surface area contributed by atoms with Crippen molar-refractivity contribution in [2.75, 3.05) is 18.1 Å². The summed E-state index contributed by atoms with van der Waals surface area (Å²) in [6, 6.07) is 7.72. The molecule has 1 amide bonds. The number of hydrogen-bond acceptors (Lipinski definition) is 4. The van der Waals surface area contributed by atoms with Gasteiger partial charge in [0.15, 0.2) is 15.9 Å². The number of amides is 1. The van der Waals surface area contributed by atoms with Gasteiger partial charge in [-0.25, -0.2) is 8.42 Å². The summed E-state index contributed by atoms with van der Waals surface area (Å²) >= 11 is 0. The molecule has 1 heterocycles. The van der Waals surface area contributed by atoms with Crippen LogP contribution in [0.5, 0.6) is 5.75 Å². The van der Waals surface area contributed by atoms with Crippen LogP contribution in [0.1, 0.15) is 38.7 Å². The standard InChI is InChI=1S/C17H25NO4S/c1-12(2)15-5-4-6-16(9-15)22-13(3)17(19)18-10-14-7-8-23(20,21)11-14/h4-6,9,12-14H,7-8,10-11H2,1-3H3,(H,18,19). The smallest absolute Gasteiger partial charge is 0.260 e. The fraction of sp³-hybridized carbons (Fsp3) is 0.588. The van der Waals surface area contributed by atoms with Crippen molar-refractivity contribution in [3.05, 3.63) is 29.8 Å². The first-order valence-electron chi connectivity index (χ1n) is 8.01. The highest BCUT2D eigenvalue weighted by Gasteiger charge is 2.28. The van der Waals surface area contributed by atoms with Gasteiger partial charge in [0, 0.05) is 6.54 Å². The van der Waals surface area contributed by atoms with Crippen LogP contribution in [0.2, 0.25) is 0 Å². The molecule has 128 valence electrons. The van der Waals surface area contributed by atoms with Gasteiger partial charge in [-0.2, -0.15) is 0 Å². The Labute approximate surface area is 138 Å². The lowest BCUT2D eigenvalue weighted by Crippen LogP contribution is -2.39. The van der Waals surface area contributed by atoms with Crippen molar-refractivity contribution in [3.8, 4) is 5.75 Å². The second-order valence-electron chi connectivity index (χ2n) is 6.50. The van der Waals surface area contributed by atoms with Gasteiger partial charge in [0.05, 0.1) is 11.5 Å². The predicted octanol–water partition coefficient (Wildman–Crippen LogP) is 2.13. The number of sulfone groups is 1. The van der Waals surface area contributed by atoms with Crippen LogP contribution in [0.3, 0.4) is 0 Å². The highest BCUT2D eigenvalue weighted by molar-refractivity contribution is 7.91. The van der Waals surface area contributed by atoms with Crippen LogP contribution in [-0.4, -0.2) is 38.5 Å². The molecule has 5 nitrogen and oxygen atoms in total. The molecule has 2 rings (SSSR count). The van der Waals surface area contributed by atoms with Gasteiger partial charge in [-0.05, 0) is 42.9 Å². The molecule has 1 aromatic carbocycles. The minimum absolute atomic E-state index is 0.0143. The first kappa shape index (κ1) is 17.8. The molecule has 0 spiro atoms. The van der Waals surface area contributed by atoms with E-state index in [4.69, 9.17) is 4.74 Å². The summed E-state index contributed by atoms with van der Waals surface area (Å²) in [7, 11) is -2.91. The fourth-order valence-electron chi connectivity index (χ4n) is 2.63. The Hall–Kier alpha value is -1.56. The highest BCUT2D eigenvalue weighted by Crippen LogP contribution is 2.21. The summed E-state index contributed by atoms with van der Waals surface area (Å²) in [5.41, 5.74) is 1.16. The number of carbonyl (C=O) groups excluding carboxylic acids is 1. The molecule has 2 atom stereocenters. The van der Waals surface area contributed by atoms with Crippen LogP contribution in [-0.2, 0) is 14.6 Å². The Morgan fingerprint density at radius 1 is 1.35 bits per heavy atom. The van der Waals surface area contributed by atoms with E-state index in [1.54, 1.807) is 6.92 Å². The number of rotatable bonds is 6. The number of carbonyl (C=O) groups is 1. The maximum Gasteiger partial charge on any atom is 0.260 e. The van der Waals surface area contributed by atoms with E-state index in [9.17, 15) is 13.2 Å². The van der Waals surface area contributed by atoms with E-state index in [1.807, 2.05) is 24.3 Å². The summed E-state index contributed by atoms with van der Waals surface area (Å²) in [5.74, 6) is 1.25. The average Bonchev–Trinajstić information content (AvgIpc) is 2.84. The molecule has 0 bridgehead atoms. The number of benzene rings is 1.